The molecule has 0 aromatic rings. The molecule has 0 heterocycles. The Hall–Kier alpha value is -0.0400. The Morgan fingerprint density at radius 2 is 1.73 bits per heavy atom. The van der Waals surface area contributed by atoms with Crippen LogP contribution >= 0.6 is 0 Å². The fourth-order valence-corrected chi connectivity index (χ4v) is 2.78. The van der Waals surface area contributed by atoms with Gasteiger partial charge in [0.1, 0.15) is 0 Å². The zero-order valence-corrected chi connectivity index (χ0v) is 7.47. The zero-order valence-electron chi connectivity index (χ0n) is 7.47. The first kappa shape index (κ1) is 7.60. The van der Waals surface area contributed by atoms with E-state index in [2.05, 4.69) is 12.4 Å². The van der Waals surface area contributed by atoms with Crippen LogP contribution in [-0.4, -0.2) is 13.1 Å². The molecule has 0 spiro atoms. The van der Waals surface area contributed by atoms with Crippen molar-refractivity contribution < 1.29 is 0 Å². The van der Waals surface area contributed by atoms with Gasteiger partial charge in [-0.1, -0.05) is 25.7 Å². The Bertz CT molecular complexity index is 129. The third kappa shape index (κ3) is 1.31. The molecule has 1 N–H and O–H groups in total. The van der Waals surface area contributed by atoms with Gasteiger partial charge in [0.15, 0.2) is 0 Å². The lowest BCUT2D eigenvalue weighted by atomic mass is 9.74. The summed E-state index contributed by atoms with van der Waals surface area (Å²) >= 11 is 0. The van der Waals surface area contributed by atoms with Gasteiger partial charge in [0.05, 0.1) is 0 Å². The van der Waals surface area contributed by atoms with Crippen LogP contribution in [0.4, 0.5) is 0 Å². The van der Waals surface area contributed by atoms with Crippen molar-refractivity contribution >= 4 is 0 Å². The standard InChI is InChI=1S/C10H19N/c1-11-10-7-3-6-9(10)8-4-2-5-8/h8-11H,2-7H2,1H3. The van der Waals surface area contributed by atoms with Crippen LogP contribution < -0.4 is 5.32 Å². The summed E-state index contributed by atoms with van der Waals surface area (Å²) in [4.78, 5) is 0. The van der Waals surface area contributed by atoms with E-state index in [1.807, 2.05) is 0 Å². The summed E-state index contributed by atoms with van der Waals surface area (Å²) in [6, 6.07) is 0.861. The lowest BCUT2D eigenvalue weighted by molar-refractivity contribution is 0.183. The molecule has 0 aromatic carbocycles. The minimum Gasteiger partial charge on any atom is -0.317 e. The van der Waals surface area contributed by atoms with E-state index >= 15 is 0 Å². The van der Waals surface area contributed by atoms with E-state index in [9.17, 15) is 0 Å². The second-order valence-electron chi connectivity index (χ2n) is 4.18. The molecule has 2 saturated carbocycles. The monoisotopic (exact) mass is 153 g/mol. The Balaban J connectivity index is 1.89. The summed E-state index contributed by atoms with van der Waals surface area (Å²) in [5, 5.41) is 3.46. The molecule has 1 nitrogen and oxygen atoms in total. The molecule has 2 rings (SSSR count). The first-order valence-electron chi connectivity index (χ1n) is 5.09. The highest BCUT2D eigenvalue weighted by Gasteiger charge is 2.35. The van der Waals surface area contributed by atoms with E-state index in [1.165, 1.54) is 38.5 Å². The van der Waals surface area contributed by atoms with Crippen molar-refractivity contribution in [3.8, 4) is 0 Å². The van der Waals surface area contributed by atoms with Gasteiger partial charge in [-0.25, -0.2) is 0 Å². The Morgan fingerprint density at radius 1 is 1.00 bits per heavy atom. The van der Waals surface area contributed by atoms with E-state index in [1.54, 1.807) is 0 Å². The molecule has 0 radical (unpaired) electrons. The van der Waals surface area contributed by atoms with Gasteiger partial charge < -0.3 is 5.32 Å². The SMILES string of the molecule is CNC1CCCC1C1CCC1. The normalized spacial score (nSPS) is 39.0. The molecule has 1 heteroatoms. The third-order valence-electron chi connectivity index (χ3n) is 3.70. The van der Waals surface area contributed by atoms with Gasteiger partial charge in [0.2, 0.25) is 0 Å². The smallest absolute Gasteiger partial charge is 0.00949 e. The van der Waals surface area contributed by atoms with Gasteiger partial charge >= 0.3 is 0 Å². The second-order valence-corrected chi connectivity index (χ2v) is 4.18. The lowest BCUT2D eigenvalue weighted by Crippen LogP contribution is -2.35. The summed E-state index contributed by atoms with van der Waals surface area (Å²) in [6.07, 6.45) is 8.92. The summed E-state index contributed by atoms with van der Waals surface area (Å²) in [5.41, 5.74) is 0. The first-order valence-corrected chi connectivity index (χ1v) is 5.09. The highest BCUT2D eigenvalue weighted by atomic mass is 14.9. The van der Waals surface area contributed by atoms with Crippen LogP contribution in [0.2, 0.25) is 0 Å². The number of hydrogen-bond acceptors (Lipinski definition) is 1. The average molecular weight is 153 g/mol. The minimum atomic E-state index is 0.861. The van der Waals surface area contributed by atoms with Crippen LogP contribution in [0.15, 0.2) is 0 Å². The van der Waals surface area contributed by atoms with Crippen LogP contribution in [0.1, 0.15) is 38.5 Å². The second kappa shape index (κ2) is 3.14. The van der Waals surface area contributed by atoms with Crippen molar-refractivity contribution in [1.29, 1.82) is 0 Å². The molecule has 2 aliphatic rings. The van der Waals surface area contributed by atoms with Gasteiger partial charge in [-0.15, -0.1) is 0 Å². The summed E-state index contributed by atoms with van der Waals surface area (Å²) in [5.74, 6) is 2.13. The molecule has 2 aliphatic carbocycles. The van der Waals surface area contributed by atoms with Crippen molar-refractivity contribution in [1.82, 2.24) is 5.32 Å². The highest BCUT2D eigenvalue weighted by Crippen LogP contribution is 2.41. The minimum absolute atomic E-state index is 0.861. The van der Waals surface area contributed by atoms with Crippen molar-refractivity contribution in [2.75, 3.05) is 7.05 Å². The molecule has 2 unspecified atom stereocenters. The van der Waals surface area contributed by atoms with Gasteiger partial charge in [-0.3, -0.25) is 0 Å². The maximum atomic E-state index is 3.46. The quantitative estimate of drug-likeness (QED) is 0.641. The molecule has 0 aromatic heterocycles. The lowest BCUT2D eigenvalue weighted by Gasteiger charge is -2.34. The summed E-state index contributed by atoms with van der Waals surface area (Å²) in [6.45, 7) is 0. The molecule has 2 atom stereocenters. The van der Waals surface area contributed by atoms with Crippen molar-refractivity contribution in [2.45, 2.75) is 44.6 Å². The average Bonchev–Trinajstić information content (AvgIpc) is 2.32. The molecular formula is C10H19N. The molecule has 11 heavy (non-hydrogen) atoms. The van der Waals surface area contributed by atoms with E-state index < -0.39 is 0 Å². The van der Waals surface area contributed by atoms with E-state index in [-0.39, 0.29) is 0 Å². The van der Waals surface area contributed by atoms with Crippen molar-refractivity contribution in [3.05, 3.63) is 0 Å². The van der Waals surface area contributed by atoms with Gasteiger partial charge in [0.25, 0.3) is 0 Å². The fourth-order valence-electron chi connectivity index (χ4n) is 2.78. The highest BCUT2D eigenvalue weighted by molar-refractivity contribution is 4.89. The topological polar surface area (TPSA) is 12.0 Å². The van der Waals surface area contributed by atoms with Crippen LogP contribution in [0.25, 0.3) is 0 Å². The largest absolute Gasteiger partial charge is 0.317 e. The molecular weight excluding hydrogens is 134 g/mol. The van der Waals surface area contributed by atoms with E-state index in [0.29, 0.717) is 0 Å². The van der Waals surface area contributed by atoms with E-state index in [4.69, 9.17) is 0 Å². The van der Waals surface area contributed by atoms with Gasteiger partial charge in [-0.05, 0) is 31.7 Å². The zero-order chi connectivity index (χ0) is 7.68. The van der Waals surface area contributed by atoms with Gasteiger partial charge in [-0.2, -0.15) is 0 Å². The van der Waals surface area contributed by atoms with Crippen LogP contribution in [-0.2, 0) is 0 Å². The predicted molar refractivity (Wildman–Crippen MR) is 47.5 cm³/mol. The molecule has 2 fully saturated rings. The summed E-state index contributed by atoms with van der Waals surface area (Å²) < 4.78 is 0. The Labute approximate surface area is 69.6 Å². The third-order valence-corrected chi connectivity index (χ3v) is 3.70. The van der Waals surface area contributed by atoms with Crippen molar-refractivity contribution in [3.63, 3.8) is 0 Å². The molecule has 64 valence electrons. The number of hydrogen-bond donors (Lipinski definition) is 1. The Kier molecular flexibility index (Phi) is 2.17. The molecule has 0 aliphatic heterocycles. The van der Waals surface area contributed by atoms with Crippen LogP contribution in [0.5, 0.6) is 0 Å². The van der Waals surface area contributed by atoms with Gasteiger partial charge in [0, 0.05) is 6.04 Å². The first-order chi connectivity index (χ1) is 5.42. The fraction of sp³-hybridized carbons (Fsp3) is 1.00. The molecule has 0 amide bonds. The predicted octanol–water partition coefficient (Wildman–Crippen LogP) is 2.17. The van der Waals surface area contributed by atoms with E-state index in [0.717, 1.165) is 17.9 Å². The molecule has 0 bridgehead atoms. The number of rotatable bonds is 2. The molecule has 0 saturated heterocycles. The van der Waals surface area contributed by atoms with Crippen LogP contribution in [0.3, 0.4) is 0 Å². The number of nitrogens with one attached hydrogen (secondary N) is 1. The Morgan fingerprint density at radius 3 is 2.27 bits per heavy atom. The summed E-state index contributed by atoms with van der Waals surface area (Å²) in [7, 11) is 2.13. The maximum absolute atomic E-state index is 3.46. The van der Waals surface area contributed by atoms with Crippen LogP contribution in [0, 0.1) is 11.8 Å². The maximum Gasteiger partial charge on any atom is 0.00949 e. The van der Waals surface area contributed by atoms with Crippen molar-refractivity contribution in [2.24, 2.45) is 11.8 Å².